The molecule has 0 unspecified atom stereocenters. The van der Waals surface area contributed by atoms with E-state index in [1.807, 2.05) is 32.9 Å². The summed E-state index contributed by atoms with van der Waals surface area (Å²) in [5.41, 5.74) is 3.95. The van der Waals surface area contributed by atoms with Crippen molar-refractivity contribution >= 4 is 23.4 Å². The summed E-state index contributed by atoms with van der Waals surface area (Å²) in [6.07, 6.45) is 0. The number of pyridine rings is 1. The van der Waals surface area contributed by atoms with Gasteiger partial charge in [-0.3, -0.25) is 4.79 Å². The first kappa shape index (κ1) is 17.8. The Morgan fingerprint density at radius 1 is 1.29 bits per heavy atom. The highest BCUT2D eigenvalue weighted by atomic mass is 32.2. The first-order valence-electron chi connectivity index (χ1n) is 7.41. The Balaban J connectivity index is 2.11. The van der Waals surface area contributed by atoms with Gasteiger partial charge in [0.05, 0.1) is 24.1 Å². The van der Waals surface area contributed by atoms with E-state index in [1.54, 1.807) is 19.2 Å². The fourth-order valence-corrected chi connectivity index (χ4v) is 3.10. The van der Waals surface area contributed by atoms with Crippen LogP contribution in [-0.4, -0.2) is 23.8 Å². The van der Waals surface area contributed by atoms with Gasteiger partial charge in [-0.2, -0.15) is 5.26 Å². The Kier molecular flexibility index (Phi) is 5.83. The number of hydrogen-bond donors (Lipinski definition) is 1. The first-order chi connectivity index (χ1) is 11.5. The smallest absolute Gasteiger partial charge is 0.234 e. The van der Waals surface area contributed by atoms with E-state index in [4.69, 9.17) is 4.74 Å². The van der Waals surface area contributed by atoms with Gasteiger partial charge in [0.2, 0.25) is 5.91 Å². The Bertz CT molecular complexity index is 813. The molecule has 5 nitrogen and oxygen atoms in total. The van der Waals surface area contributed by atoms with Crippen molar-refractivity contribution in [2.75, 3.05) is 18.2 Å². The van der Waals surface area contributed by atoms with Gasteiger partial charge >= 0.3 is 0 Å². The Morgan fingerprint density at radius 3 is 2.67 bits per heavy atom. The number of rotatable bonds is 5. The maximum atomic E-state index is 12.2. The van der Waals surface area contributed by atoms with Crippen LogP contribution in [0.1, 0.15) is 22.4 Å². The molecule has 1 aromatic carbocycles. The lowest BCUT2D eigenvalue weighted by atomic mass is 10.1. The number of amides is 1. The third kappa shape index (κ3) is 3.87. The van der Waals surface area contributed by atoms with Crippen molar-refractivity contribution in [2.45, 2.75) is 25.8 Å². The molecule has 0 atom stereocenters. The van der Waals surface area contributed by atoms with Gasteiger partial charge in [-0.25, -0.2) is 4.98 Å². The normalized spacial score (nSPS) is 10.1. The van der Waals surface area contributed by atoms with Gasteiger partial charge in [0.25, 0.3) is 0 Å². The van der Waals surface area contributed by atoms with Gasteiger partial charge in [-0.1, -0.05) is 23.9 Å². The molecule has 0 saturated heterocycles. The number of nitrogens with zero attached hydrogens (tertiary/aromatic N) is 2. The van der Waals surface area contributed by atoms with Crippen LogP contribution >= 0.6 is 11.8 Å². The second kappa shape index (κ2) is 7.84. The average Bonchev–Trinajstić information content (AvgIpc) is 2.58. The number of ether oxygens (including phenoxy) is 1. The number of aryl methyl sites for hydroxylation is 1. The molecule has 2 aromatic rings. The van der Waals surface area contributed by atoms with Crippen molar-refractivity contribution in [1.82, 2.24) is 4.98 Å². The van der Waals surface area contributed by atoms with Crippen molar-refractivity contribution < 1.29 is 9.53 Å². The highest BCUT2D eigenvalue weighted by Crippen LogP contribution is 2.27. The molecule has 24 heavy (non-hydrogen) atoms. The Hall–Kier alpha value is -2.52. The molecule has 0 aliphatic heterocycles. The van der Waals surface area contributed by atoms with Crippen LogP contribution in [-0.2, 0) is 4.79 Å². The lowest BCUT2D eigenvalue weighted by Gasteiger charge is -2.12. The summed E-state index contributed by atoms with van der Waals surface area (Å²) in [6, 6.07) is 9.41. The van der Waals surface area contributed by atoms with Crippen LogP contribution in [0, 0.1) is 32.1 Å². The van der Waals surface area contributed by atoms with Crippen LogP contribution in [0.4, 0.5) is 5.69 Å². The summed E-state index contributed by atoms with van der Waals surface area (Å²) in [5, 5.41) is 12.8. The number of aromatic nitrogens is 1. The van der Waals surface area contributed by atoms with E-state index in [9.17, 15) is 10.1 Å². The largest absolute Gasteiger partial charge is 0.495 e. The van der Waals surface area contributed by atoms with Crippen LogP contribution in [0.5, 0.6) is 5.75 Å². The number of methoxy groups -OCH3 is 1. The Morgan fingerprint density at radius 2 is 2.00 bits per heavy atom. The summed E-state index contributed by atoms with van der Waals surface area (Å²) >= 11 is 1.26. The fourth-order valence-electron chi connectivity index (χ4n) is 2.22. The van der Waals surface area contributed by atoms with Gasteiger partial charge < -0.3 is 10.1 Å². The van der Waals surface area contributed by atoms with E-state index in [-0.39, 0.29) is 11.7 Å². The van der Waals surface area contributed by atoms with Crippen LogP contribution in [0.3, 0.4) is 0 Å². The minimum atomic E-state index is -0.175. The van der Waals surface area contributed by atoms with Gasteiger partial charge in [-0.05, 0) is 44.0 Å². The predicted molar refractivity (Wildman–Crippen MR) is 95.5 cm³/mol. The number of para-hydroxylation sites is 2. The van der Waals surface area contributed by atoms with Crippen LogP contribution in [0.25, 0.3) is 0 Å². The molecule has 1 N–H and O–H groups in total. The number of thioether (sulfide) groups is 1. The maximum absolute atomic E-state index is 12.2. The molecule has 0 fully saturated rings. The highest BCUT2D eigenvalue weighted by Gasteiger charge is 2.15. The molecule has 1 aromatic heterocycles. The standard InChI is InChI=1S/C18H19N3O2S/c1-11-12(2)14(9-19)18(20-13(11)3)24-10-17(22)21-15-7-5-6-8-16(15)23-4/h5-8H,10H2,1-4H3,(H,21,22). The van der Waals surface area contributed by atoms with E-state index in [2.05, 4.69) is 16.4 Å². The zero-order valence-corrected chi connectivity index (χ0v) is 15.0. The number of anilines is 1. The quantitative estimate of drug-likeness (QED) is 0.841. The number of hydrogen-bond acceptors (Lipinski definition) is 5. The van der Waals surface area contributed by atoms with Crippen molar-refractivity contribution in [2.24, 2.45) is 0 Å². The van der Waals surface area contributed by atoms with E-state index in [1.165, 1.54) is 11.8 Å². The molecule has 1 heterocycles. The molecule has 2 rings (SSSR count). The lowest BCUT2D eigenvalue weighted by molar-refractivity contribution is -0.113. The molecule has 1 amide bonds. The molecule has 6 heteroatoms. The van der Waals surface area contributed by atoms with Gasteiger partial charge in [-0.15, -0.1) is 0 Å². The second-order valence-electron chi connectivity index (χ2n) is 5.28. The van der Waals surface area contributed by atoms with Crippen molar-refractivity contribution in [1.29, 1.82) is 5.26 Å². The predicted octanol–water partition coefficient (Wildman–Crippen LogP) is 3.62. The van der Waals surface area contributed by atoms with Crippen LogP contribution in [0.2, 0.25) is 0 Å². The monoisotopic (exact) mass is 341 g/mol. The molecule has 0 aliphatic carbocycles. The molecular weight excluding hydrogens is 322 g/mol. The van der Waals surface area contributed by atoms with E-state index in [0.717, 1.165) is 16.8 Å². The molecule has 0 saturated carbocycles. The summed E-state index contributed by atoms with van der Waals surface area (Å²) < 4.78 is 5.21. The number of benzene rings is 1. The second-order valence-corrected chi connectivity index (χ2v) is 6.24. The molecular formula is C18H19N3O2S. The van der Waals surface area contributed by atoms with Gasteiger partial charge in [0.15, 0.2) is 0 Å². The summed E-state index contributed by atoms with van der Waals surface area (Å²) in [6.45, 7) is 5.76. The number of carbonyl (C=O) groups excluding carboxylic acids is 1. The molecule has 0 radical (unpaired) electrons. The highest BCUT2D eigenvalue weighted by molar-refractivity contribution is 8.00. The minimum absolute atomic E-state index is 0.168. The van der Waals surface area contributed by atoms with E-state index >= 15 is 0 Å². The topological polar surface area (TPSA) is 75.0 Å². The van der Waals surface area contributed by atoms with Gasteiger partial charge in [0, 0.05) is 5.69 Å². The number of nitriles is 1. The number of carbonyl (C=O) groups is 1. The van der Waals surface area contributed by atoms with Crippen LogP contribution < -0.4 is 10.1 Å². The minimum Gasteiger partial charge on any atom is -0.495 e. The fraction of sp³-hybridized carbons (Fsp3) is 0.278. The van der Waals surface area contributed by atoms with E-state index in [0.29, 0.717) is 22.0 Å². The van der Waals surface area contributed by atoms with Crippen molar-refractivity contribution in [3.63, 3.8) is 0 Å². The van der Waals surface area contributed by atoms with E-state index < -0.39 is 0 Å². The third-order valence-corrected chi connectivity index (χ3v) is 4.77. The van der Waals surface area contributed by atoms with Crippen molar-refractivity contribution in [3.8, 4) is 11.8 Å². The molecule has 124 valence electrons. The maximum Gasteiger partial charge on any atom is 0.234 e. The molecule has 0 spiro atoms. The Labute approximate surface area is 146 Å². The summed E-state index contributed by atoms with van der Waals surface area (Å²) in [7, 11) is 1.56. The third-order valence-electron chi connectivity index (χ3n) is 3.80. The SMILES string of the molecule is COc1ccccc1NC(=O)CSc1nc(C)c(C)c(C)c1C#N. The summed E-state index contributed by atoms with van der Waals surface area (Å²) in [4.78, 5) is 16.6. The first-order valence-corrected chi connectivity index (χ1v) is 8.40. The average molecular weight is 341 g/mol. The summed E-state index contributed by atoms with van der Waals surface area (Å²) in [5.74, 6) is 0.599. The lowest BCUT2D eigenvalue weighted by Crippen LogP contribution is -2.15. The molecule has 0 aliphatic rings. The van der Waals surface area contributed by atoms with Crippen LogP contribution in [0.15, 0.2) is 29.3 Å². The van der Waals surface area contributed by atoms with Gasteiger partial charge in [0.1, 0.15) is 16.8 Å². The number of nitrogens with one attached hydrogen (secondary N) is 1. The zero-order valence-electron chi connectivity index (χ0n) is 14.1. The van der Waals surface area contributed by atoms with Crippen molar-refractivity contribution in [3.05, 3.63) is 46.6 Å². The molecule has 0 bridgehead atoms. The zero-order chi connectivity index (χ0) is 17.7.